The van der Waals surface area contributed by atoms with E-state index in [1.54, 1.807) is 30.3 Å². The number of hydrogen-bond donors (Lipinski definition) is 2. The number of alkyl halides is 5. The predicted molar refractivity (Wildman–Crippen MR) is 126 cm³/mol. The maximum atomic E-state index is 13.6. The van der Waals surface area contributed by atoms with Crippen molar-refractivity contribution >= 4 is 39.1 Å². The summed E-state index contributed by atoms with van der Waals surface area (Å²) in [7, 11) is 0. The Balaban J connectivity index is 1.60. The zero-order chi connectivity index (χ0) is 26.5. The van der Waals surface area contributed by atoms with Crippen molar-refractivity contribution in [2.45, 2.75) is 37.9 Å². The quantitative estimate of drug-likeness (QED) is 0.295. The van der Waals surface area contributed by atoms with E-state index < -0.39 is 42.3 Å². The Hall–Kier alpha value is -3.87. The van der Waals surface area contributed by atoms with Crippen LogP contribution >= 0.6 is 11.3 Å². The number of pyridine rings is 1. The summed E-state index contributed by atoms with van der Waals surface area (Å²) >= 11 is 0.623. The molecule has 0 unspecified atom stereocenters. The Labute approximate surface area is 210 Å². The number of primary amides is 1. The SMILES string of the molecule is NC(=O)c1sc2nc(C(F)(F)F)cc(-c3ccccc3)c2c1NC(=O)Cn1nc(C(F)F)cc1C1CC1. The third-order valence-corrected chi connectivity index (χ3v) is 6.97. The van der Waals surface area contributed by atoms with Gasteiger partial charge in [0.15, 0.2) is 0 Å². The standard InChI is InChI=1S/C24H18F5N5O2S/c25-21(26)14-9-15(12-6-7-12)34(33-14)10-17(35)32-19-18-13(11-4-2-1-3-5-11)8-16(24(27,28)29)31-23(18)37-20(19)22(30)36/h1-5,8-9,12,21H,6-7,10H2,(H2,30,36)(H,32,35). The third kappa shape index (κ3) is 4.90. The second kappa shape index (κ2) is 9.21. The number of halogens is 5. The molecular formula is C24H18F5N5O2S. The van der Waals surface area contributed by atoms with E-state index in [1.807, 2.05) is 0 Å². The highest BCUT2D eigenvalue weighted by atomic mass is 32.1. The van der Waals surface area contributed by atoms with E-state index >= 15 is 0 Å². The van der Waals surface area contributed by atoms with Crippen molar-refractivity contribution in [3.05, 3.63) is 64.4 Å². The van der Waals surface area contributed by atoms with Gasteiger partial charge in [0.1, 0.15) is 27.6 Å². The number of carbonyl (C=O) groups is 2. The van der Waals surface area contributed by atoms with Crippen molar-refractivity contribution in [3.8, 4) is 11.1 Å². The Morgan fingerprint density at radius 3 is 2.46 bits per heavy atom. The summed E-state index contributed by atoms with van der Waals surface area (Å²) in [4.78, 5) is 28.6. The van der Waals surface area contributed by atoms with Gasteiger partial charge in [-0.2, -0.15) is 18.3 Å². The van der Waals surface area contributed by atoms with E-state index in [-0.39, 0.29) is 32.3 Å². The van der Waals surface area contributed by atoms with Gasteiger partial charge in [-0.25, -0.2) is 13.8 Å². The summed E-state index contributed by atoms with van der Waals surface area (Å²) in [6.45, 7) is -0.442. The zero-order valence-electron chi connectivity index (χ0n) is 18.9. The Morgan fingerprint density at radius 1 is 1.16 bits per heavy atom. The predicted octanol–water partition coefficient (Wildman–Crippen LogP) is 5.73. The van der Waals surface area contributed by atoms with Crippen LogP contribution in [0.3, 0.4) is 0 Å². The molecule has 7 nitrogen and oxygen atoms in total. The van der Waals surface area contributed by atoms with E-state index in [0.29, 0.717) is 22.6 Å². The number of carbonyl (C=O) groups excluding carboxylic acids is 2. The molecule has 3 aromatic heterocycles. The van der Waals surface area contributed by atoms with E-state index in [1.165, 1.54) is 10.7 Å². The van der Waals surface area contributed by atoms with Gasteiger partial charge in [0.2, 0.25) is 5.91 Å². The van der Waals surface area contributed by atoms with Crippen LogP contribution in [-0.4, -0.2) is 26.6 Å². The number of rotatable bonds is 7. The number of benzene rings is 1. The molecule has 1 fully saturated rings. The molecule has 3 heterocycles. The number of nitrogens with two attached hydrogens (primary N) is 1. The highest BCUT2D eigenvalue weighted by Crippen LogP contribution is 2.44. The van der Waals surface area contributed by atoms with Crippen LogP contribution in [0, 0.1) is 0 Å². The second-order valence-electron chi connectivity index (χ2n) is 8.54. The molecule has 37 heavy (non-hydrogen) atoms. The number of aromatic nitrogens is 3. The number of anilines is 1. The molecule has 0 radical (unpaired) electrons. The summed E-state index contributed by atoms with van der Waals surface area (Å²) in [5, 5.41) is 6.51. The summed E-state index contributed by atoms with van der Waals surface area (Å²) in [6, 6.07) is 10.2. The second-order valence-corrected chi connectivity index (χ2v) is 9.54. The van der Waals surface area contributed by atoms with E-state index in [0.717, 1.165) is 18.9 Å². The minimum atomic E-state index is -4.76. The number of amides is 2. The first-order valence-corrected chi connectivity index (χ1v) is 11.9. The molecule has 0 spiro atoms. The lowest BCUT2D eigenvalue weighted by molar-refractivity contribution is -0.140. The van der Waals surface area contributed by atoms with Crippen LogP contribution in [0.2, 0.25) is 0 Å². The highest BCUT2D eigenvalue weighted by molar-refractivity contribution is 7.21. The largest absolute Gasteiger partial charge is 0.433 e. The molecule has 4 aromatic rings. The number of thiophene rings is 1. The lowest BCUT2D eigenvalue weighted by atomic mass is 10.0. The van der Waals surface area contributed by atoms with E-state index in [2.05, 4.69) is 15.4 Å². The zero-order valence-corrected chi connectivity index (χ0v) is 19.7. The van der Waals surface area contributed by atoms with Gasteiger partial charge in [-0.3, -0.25) is 14.3 Å². The molecule has 1 saturated carbocycles. The maximum Gasteiger partial charge on any atom is 0.433 e. The van der Waals surface area contributed by atoms with Crippen LogP contribution in [0.5, 0.6) is 0 Å². The first kappa shape index (κ1) is 24.8. The fourth-order valence-electron chi connectivity index (χ4n) is 4.09. The molecule has 1 aliphatic carbocycles. The van der Waals surface area contributed by atoms with Gasteiger partial charge < -0.3 is 11.1 Å². The normalized spacial score (nSPS) is 13.9. The van der Waals surface area contributed by atoms with Gasteiger partial charge in [-0.15, -0.1) is 11.3 Å². The van der Waals surface area contributed by atoms with Crippen LogP contribution in [-0.2, 0) is 17.5 Å². The van der Waals surface area contributed by atoms with E-state index in [4.69, 9.17) is 5.73 Å². The smallest absolute Gasteiger partial charge is 0.365 e. The molecule has 2 amide bonds. The van der Waals surface area contributed by atoms with Crippen molar-refractivity contribution in [2.24, 2.45) is 5.73 Å². The summed E-state index contributed by atoms with van der Waals surface area (Å²) in [5.74, 6) is -1.67. The van der Waals surface area contributed by atoms with Crippen LogP contribution in [0.1, 0.15) is 51.9 Å². The van der Waals surface area contributed by atoms with Gasteiger partial charge in [-0.05, 0) is 36.1 Å². The fraction of sp³-hybridized carbons (Fsp3) is 0.250. The molecular weight excluding hydrogens is 517 g/mol. The highest BCUT2D eigenvalue weighted by Gasteiger charge is 2.35. The van der Waals surface area contributed by atoms with Gasteiger partial charge in [0, 0.05) is 17.0 Å². The van der Waals surface area contributed by atoms with Crippen molar-refractivity contribution in [2.75, 3.05) is 5.32 Å². The van der Waals surface area contributed by atoms with Gasteiger partial charge in [0.25, 0.3) is 12.3 Å². The number of nitrogens with zero attached hydrogens (tertiary/aromatic N) is 3. The monoisotopic (exact) mass is 535 g/mol. The molecule has 0 atom stereocenters. The Kier molecular flexibility index (Phi) is 6.18. The topological polar surface area (TPSA) is 103 Å². The van der Waals surface area contributed by atoms with Gasteiger partial charge >= 0.3 is 6.18 Å². The first-order valence-electron chi connectivity index (χ1n) is 11.1. The summed E-state index contributed by atoms with van der Waals surface area (Å²) in [5.41, 5.74) is 4.77. The molecule has 1 aromatic carbocycles. The van der Waals surface area contributed by atoms with E-state index in [9.17, 15) is 31.5 Å². The van der Waals surface area contributed by atoms with Crippen molar-refractivity contribution in [3.63, 3.8) is 0 Å². The molecule has 5 rings (SSSR count). The molecule has 1 aliphatic rings. The number of hydrogen-bond acceptors (Lipinski definition) is 5. The number of nitrogens with one attached hydrogen (secondary N) is 1. The number of fused-ring (bicyclic) bond motifs is 1. The molecule has 0 saturated heterocycles. The van der Waals surface area contributed by atoms with Gasteiger partial charge in [0.05, 0.1) is 5.69 Å². The molecule has 13 heteroatoms. The van der Waals surface area contributed by atoms with Crippen LogP contribution in [0.4, 0.5) is 27.6 Å². The summed E-state index contributed by atoms with van der Waals surface area (Å²) < 4.78 is 68.5. The summed E-state index contributed by atoms with van der Waals surface area (Å²) in [6.07, 6.45) is -6.01. The molecule has 3 N–H and O–H groups in total. The van der Waals surface area contributed by atoms with Crippen molar-refractivity contribution in [1.82, 2.24) is 14.8 Å². The first-order chi connectivity index (χ1) is 17.5. The Morgan fingerprint density at radius 2 is 1.86 bits per heavy atom. The average molecular weight is 535 g/mol. The average Bonchev–Trinajstić information content (AvgIpc) is 3.49. The van der Waals surface area contributed by atoms with Crippen LogP contribution in [0.25, 0.3) is 21.3 Å². The Bertz CT molecular complexity index is 1510. The minimum absolute atomic E-state index is 0.0191. The fourth-order valence-corrected chi connectivity index (χ4v) is 5.10. The molecule has 0 aliphatic heterocycles. The minimum Gasteiger partial charge on any atom is -0.365 e. The third-order valence-electron chi connectivity index (χ3n) is 5.87. The molecule has 192 valence electrons. The lowest BCUT2D eigenvalue weighted by Gasteiger charge is -2.13. The lowest BCUT2D eigenvalue weighted by Crippen LogP contribution is -2.22. The maximum absolute atomic E-state index is 13.6. The van der Waals surface area contributed by atoms with Gasteiger partial charge in [-0.1, -0.05) is 30.3 Å². The molecule has 0 bridgehead atoms. The van der Waals surface area contributed by atoms with Crippen molar-refractivity contribution in [1.29, 1.82) is 0 Å². The van der Waals surface area contributed by atoms with Crippen molar-refractivity contribution < 1.29 is 31.5 Å². The van der Waals surface area contributed by atoms with Crippen LogP contribution in [0.15, 0.2) is 42.5 Å². The van der Waals surface area contributed by atoms with Crippen LogP contribution < -0.4 is 11.1 Å².